The number of nitrogens with one attached hydrogen (secondary N) is 1. The van der Waals surface area contributed by atoms with Gasteiger partial charge in [0.2, 0.25) is 5.91 Å². The zero-order valence-electron chi connectivity index (χ0n) is 16.6. The van der Waals surface area contributed by atoms with Crippen molar-refractivity contribution in [1.29, 1.82) is 0 Å². The van der Waals surface area contributed by atoms with E-state index in [1.807, 2.05) is 6.07 Å². The topological polar surface area (TPSA) is 48.5 Å². The summed E-state index contributed by atoms with van der Waals surface area (Å²) in [6.07, 6.45) is 2.96. The number of nitrogens with zero attached hydrogens (tertiary/aromatic N) is 3. The molecule has 160 valence electrons. The highest BCUT2D eigenvalue weighted by atomic mass is 35.5. The molecule has 3 heterocycles. The van der Waals surface area contributed by atoms with Crippen LogP contribution in [0.2, 0.25) is 0 Å². The van der Waals surface area contributed by atoms with Crippen LogP contribution in [0.5, 0.6) is 0 Å². The summed E-state index contributed by atoms with van der Waals surface area (Å²) in [6.45, 7) is 6.64. The lowest BCUT2D eigenvalue weighted by Gasteiger charge is -2.34. The fourth-order valence-corrected chi connectivity index (χ4v) is 4.74. The molecular formula is C21H30Cl2N4OS. The van der Waals surface area contributed by atoms with Gasteiger partial charge >= 0.3 is 0 Å². The molecule has 0 radical (unpaired) electrons. The summed E-state index contributed by atoms with van der Waals surface area (Å²) in [7, 11) is 0. The van der Waals surface area contributed by atoms with Gasteiger partial charge in [-0.1, -0.05) is 30.3 Å². The largest absolute Gasteiger partial charge is 0.340 e. The van der Waals surface area contributed by atoms with Crippen LogP contribution in [0, 0.1) is 5.92 Å². The fourth-order valence-electron chi connectivity index (χ4n) is 3.92. The van der Waals surface area contributed by atoms with Crippen LogP contribution in [0.1, 0.15) is 25.0 Å². The second kappa shape index (κ2) is 11.9. The number of carbonyl (C=O) groups excluding carboxylic acids is 1. The van der Waals surface area contributed by atoms with Gasteiger partial charge in [0.1, 0.15) is 5.01 Å². The number of carbonyl (C=O) groups is 1. The number of benzene rings is 1. The van der Waals surface area contributed by atoms with Crippen LogP contribution < -0.4 is 5.32 Å². The van der Waals surface area contributed by atoms with E-state index in [1.165, 1.54) is 12.0 Å². The predicted octanol–water partition coefficient (Wildman–Crippen LogP) is 3.69. The molecular weight excluding hydrogens is 427 g/mol. The molecule has 1 atom stereocenters. The average molecular weight is 457 g/mol. The van der Waals surface area contributed by atoms with Crippen molar-refractivity contribution >= 4 is 42.1 Å². The maximum atomic E-state index is 12.5. The highest BCUT2D eigenvalue weighted by Gasteiger charge is 2.23. The average Bonchev–Trinajstić information content (AvgIpc) is 3.39. The Labute approximate surface area is 189 Å². The van der Waals surface area contributed by atoms with Crippen molar-refractivity contribution in [3.63, 3.8) is 0 Å². The van der Waals surface area contributed by atoms with Gasteiger partial charge in [-0.2, -0.15) is 0 Å². The third-order valence-corrected chi connectivity index (χ3v) is 6.55. The van der Waals surface area contributed by atoms with Crippen LogP contribution in [0.25, 0.3) is 10.6 Å². The zero-order valence-corrected chi connectivity index (χ0v) is 19.0. The van der Waals surface area contributed by atoms with Gasteiger partial charge in [-0.15, -0.1) is 36.2 Å². The Morgan fingerprint density at radius 1 is 1.14 bits per heavy atom. The van der Waals surface area contributed by atoms with Crippen LogP contribution in [0.3, 0.4) is 0 Å². The lowest BCUT2D eigenvalue weighted by molar-refractivity contribution is -0.133. The standard InChI is InChI=1S/C21H28N4OS.2ClH/c26-20(7-6-17-8-9-22-14-17)25-12-10-24(11-13-25)15-19-16-27-21(23-19)18-4-2-1-3-5-18;;/h1-5,16-17,22H,6-15H2;2*1H. The Morgan fingerprint density at radius 2 is 1.90 bits per heavy atom. The van der Waals surface area contributed by atoms with Crippen molar-refractivity contribution < 1.29 is 4.79 Å². The van der Waals surface area contributed by atoms with Crippen molar-refractivity contribution in [2.45, 2.75) is 25.8 Å². The van der Waals surface area contributed by atoms with Gasteiger partial charge in [-0.05, 0) is 31.8 Å². The number of thiazole rings is 1. The van der Waals surface area contributed by atoms with E-state index in [0.717, 1.165) is 62.9 Å². The van der Waals surface area contributed by atoms with Crippen LogP contribution in [-0.2, 0) is 11.3 Å². The first-order valence-corrected chi connectivity index (χ1v) is 10.9. The monoisotopic (exact) mass is 456 g/mol. The molecule has 0 saturated carbocycles. The molecule has 0 aliphatic carbocycles. The Balaban J connectivity index is 0.00000150. The Bertz CT molecular complexity index is 744. The lowest BCUT2D eigenvalue weighted by Crippen LogP contribution is -2.48. The van der Waals surface area contributed by atoms with Gasteiger partial charge in [0.25, 0.3) is 0 Å². The first-order valence-electron chi connectivity index (χ1n) is 9.98. The highest BCUT2D eigenvalue weighted by molar-refractivity contribution is 7.13. The summed E-state index contributed by atoms with van der Waals surface area (Å²) in [6, 6.07) is 10.3. The normalized spacial score (nSPS) is 19.4. The van der Waals surface area contributed by atoms with E-state index in [1.54, 1.807) is 11.3 Å². The van der Waals surface area contributed by atoms with E-state index >= 15 is 0 Å². The molecule has 2 aliphatic heterocycles. The molecule has 2 aliphatic rings. The molecule has 4 rings (SSSR count). The third-order valence-electron chi connectivity index (χ3n) is 5.61. The van der Waals surface area contributed by atoms with E-state index < -0.39 is 0 Å². The molecule has 29 heavy (non-hydrogen) atoms. The van der Waals surface area contributed by atoms with Crippen molar-refractivity contribution in [2.75, 3.05) is 39.3 Å². The Hall–Kier alpha value is -1.18. The molecule has 2 saturated heterocycles. The van der Waals surface area contributed by atoms with E-state index in [0.29, 0.717) is 18.2 Å². The smallest absolute Gasteiger partial charge is 0.222 e. The van der Waals surface area contributed by atoms with Crippen molar-refractivity contribution in [3.05, 3.63) is 41.4 Å². The predicted molar refractivity (Wildman–Crippen MR) is 124 cm³/mol. The summed E-state index contributed by atoms with van der Waals surface area (Å²) in [5, 5.41) is 6.63. The molecule has 0 bridgehead atoms. The van der Waals surface area contributed by atoms with Gasteiger partial charge < -0.3 is 10.2 Å². The first kappa shape index (κ1) is 24.1. The van der Waals surface area contributed by atoms with Crippen LogP contribution in [0.15, 0.2) is 35.7 Å². The fraction of sp³-hybridized carbons (Fsp3) is 0.524. The summed E-state index contributed by atoms with van der Waals surface area (Å²) in [5.74, 6) is 1.03. The molecule has 1 unspecified atom stereocenters. The molecule has 1 aromatic heterocycles. The van der Waals surface area contributed by atoms with E-state index in [-0.39, 0.29) is 24.8 Å². The Morgan fingerprint density at radius 3 is 2.59 bits per heavy atom. The van der Waals surface area contributed by atoms with E-state index in [4.69, 9.17) is 4.98 Å². The summed E-state index contributed by atoms with van der Waals surface area (Å²) in [5.41, 5.74) is 2.31. The zero-order chi connectivity index (χ0) is 18.5. The van der Waals surface area contributed by atoms with Gasteiger partial charge in [0, 0.05) is 50.1 Å². The van der Waals surface area contributed by atoms with Gasteiger partial charge in [0.15, 0.2) is 0 Å². The molecule has 2 fully saturated rings. The quantitative estimate of drug-likeness (QED) is 0.719. The molecule has 1 aromatic carbocycles. The van der Waals surface area contributed by atoms with Gasteiger partial charge in [0.05, 0.1) is 5.69 Å². The molecule has 2 aromatic rings. The maximum Gasteiger partial charge on any atom is 0.222 e. The molecule has 0 spiro atoms. The van der Waals surface area contributed by atoms with Crippen molar-refractivity contribution in [1.82, 2.24) is 20.1 Å². The van der Waals surface area contributed by atoms with Crippen LogP contribution in [-0.4, -0.2) is 60.0 Å². The number of aromatic nitrogens is 1. The molecule has 8 heteroatoms. The van der Waals surface area contributed by atoms with Gasteiger partial charge in [-0.25, -0.2) is 4.98 Å². The number of hydrogen-bond acceptors (Lipinski definition) is 5. The summed E-state index contributed by atoms with van der Waals surface area (Å²) in [4.78, 5) is 21.7. The number of piperazine rings is 1. The SMILES string of the molecule is Cl.Cl.O=C(CCC1CCNC1)N1CCN(Cc2csc(-c3ccccc3)n2)CC1. The second-order valence-electron chi connectivity index (χ2n) is 7.56. The van der Waals surface area contributed by atoms with Crippen molar-refractivity contribution in [3.8, 4) is 10.6 Å². The third kappa shape index (κ3) is 6.66. The molecule has 1 amide bonds. The number of amides is 1. The van der Waals surface area contributed by atoms with Crippen LogP contribution in [0.4, 0.5) is 0 Å². The van der Waals surface area contributed by atoms with Crippen molar-refractivity contribution in [2.24, 2.45) is 5.92 Å². The maximum absolute atomic E-state index is 12.5. The minimum atomic E-state index is 0. The number of halogens is 2. The number of hydrogen-bond donors (Lipinski definition) is 1. The molecule has 5 nitrogen and oxygen atoms in total. The molecule has 1 N–H and O–H groups in total. The first-order chi connectivity index (χ1) is 13.3. The van der Waals surface area contributed by atoms with E-state index in [2.05, 4.69) is 44.8 Å². The summed E-state index contributed by atoms with van der Waals surface area (Å²) >= 11 is 1.71. The lowest BCUT2D eigenvalue weighted by atomic mass is 10.0. The Kier molecular flexibility index (Phi) is 9.86. The minimum Gasteiger partial charge on any atom is -0.340 e. The number of rotatable bonds is 6. The second-order valence-corrected chi connectivity index (χ2v) is 8.42. The van der Waals surface area contributed by atoms with Gasteiger partial charge in [-0.3, -0.25) is 9.69 Å². The van der Waals surface area contributed by atoms with E-state index in [9.17, 15) is 4.79 Å². The highest BCUT2D eigenvalue weighted by Crippen LogP contribution is 2.24. The minimum absolute atomic E-state index is 0. The van der Waals surface area contributed by atoms with Crippen LogP contribution >= 0.6 is 36.2 Å². The summed E-state index contributed by atoms with van der Waals surface area (Å²) < 4.78 is 0.